The smallest absolute Gasteiger partial charge is 0.303 e. The number of rotatable bonds is 6. The molecule has 0 unspecified atom stereocenters. The molecule has 1 N–H and O–H groups in total. The number of hydrogen-bond donors (Lipinski definition) is 1. The van der Waals surface area contributed by atoms with Gasteiger partial charge >= 0.3 is 5.97 Å². The van der Waals surface area contributed by atoms with E-state index in [0.29, 0.717) is 42.7 Å². The number of likely N-dealkylation sites (N-methyl/N-ethyl adjacent to an activating group) is 1. The van der Waals surface area contributed by atoms with E-state index >= 15 is 0 Å². The minimum Gasteiger partial charge on any atom is -0.486 e. The van der Waals surface area contributed by atoms with Gasteiger partial charge in [0.15, 0.2) is 11.5 Å². The van der Waals surface area contributed by atoms with Crippen LogP contribution in [-0.4, -0.2) is 48.7 Å². The fraction of sp³-hybridized carbons (Fsp3) is 0.375. The molecule has 6 nitrogen and oxygen atoms in total. The van der Waals surface area contributed by atoms with Crippen molar-refractivity contribution in [1.29, 1.82) is 0 Å². The Kier molecular flexibility index (Phi) is 5.87. The molecule has 0 saturated heterocycles. The van der Waals surface area contributed by atoms with Crippen molar-refractivity contribution in [3.8, 4) is 11.5 Å². The lowest BCUT2D eigenvalue weighted by molar-refractivity contribution is -0.137. The zero-order valence-corrected chi connectivity index (χ0v) is 13.5. The fourth-order valence-corrected chi connectivity index (χ4v) is 2.37. The molecule has 0 bridgehead atoms. The van der Waals surface area contributed by atoms with E-state index in [9.17, 15) is 9.59 Å². The van der Waals surface area contributed by atoms with E-state index in [1.165, 1.54) is 11.0 Å². The van der Waals surface area contributed by atoms with Crippen LogP contribution in [0.4, 0.5) is 0 Å². The second kappa shape index (κ2) is 7.87. The molecule has 1 aliphatic rings. The maximum Gasteiger partial charge on any atom is 0.303 e. The highest BCUT2D eigenvalue weighted by Gasteiger charge is 2.16. The van der Waals surface area contributed by atoms with E-state index in [2.05, 4.69) is 0 Å². The molecule has 0 spiro atoms. The van der Waals surface area contributed by atoms with Crippen LogP contribution in [-0.2, 0) is 9.59 Å². The minimum atomic E-state index is -0.868. The lowest BCUT2D eigenvalue weighted by Gasteiger charge is -2.19. The molecule has 1 amide bonds. The summed E-state index contributed by atoms with van der Waals surface area (Å²) >= 11 is 6.13. The van der Waals surface area contributed by atoms with Crippen LogP contribution in [0, 0.1) is 0 Å². The number of halogens is 1. The van der Waals surface area contributed by atoms with Crippen LogP contribution in [0.25, 0.3) is 6.08 Å². The van der Waals surface area contributed by atoms with Crippen molar-refractivity contribution < 1.29 is 24.2 Å². The molecule has 0 aromatic heterocycles. The average molecular weight is 340 g/mol. The first kappa shape index (κ1) is 17.1. The van der Waals surface area contributed by atoms with Gasteiger partial charge in [-0.05, 0) is 30.2 Å². The molecule has 7 heteroatoms. The van der Waals surface area contributed by atoms with Crippen molar-refractivity contribution >= 4 is 29.6 Å². The number of carbonyl (C=O) groups is 2. The van der Waals surface area contributed by atoms with Crippen molar-refractivity contribution in [2.45, 2.75) is 12.8 Å². The van der Waals surface area contributed by atoms with E-state index in [4.69, 9.17) is 26.2 Å². The molecule has 1 heterocycles. The molecule has 0 radical (unpaired) electrons. The minimum absolute atomic E-state index is 0.0408. The van der Waals surface area contributed by atoms with Gasteiger partial charge in [-0.3, -0.25) is 9.59 Å². The van der Waals surface area contributed by atoms with E-state index in [0.717, 1.165) is 5.56 Å². The summed E-state index contributed by atoms with van der Waals surface area (Å²) in [4.78, 5) is 23.9. The zero-order valence-electron chi connectivity index (χ0n) is 12.8. The van der Waals surface area contributed by atoms with Crippen LogP contribution in [0.15, 0.2) is 18.2 Å². The molecule has 0 saturated carbocycles. The number of amides is 1. The SMILES string of the molecule is CN(CCCC(=O)O)C(=O)C=Cc1cc(Cl)c2c(c1)OCCO2. The quantitative estimate of drug-likeness (QED) is 0.806. The summed E-state index contributed by atoms with van der Waals surface area (Å²) in [6, 6.07) is 3.46. The highest BCUT2D eigenvalue weighted by atomic mass is 35.5. The first-order valence-electron chi connectivity index (χ1n) is 7.21. The molecule has 23 heavy (non-hydrogen) atoms. The summed E-state index contributed by atoms with van der Waals surface area (Å²) in [5, 5.41) is 9.02. The molecular weight excluding hydrogens is 322 g/mol. The lowest BCUT2D eigenvalue weighted by atomic mass is 10.1. The molecular formula is C16H18ClNO5. The first-order valence-corrected chi connectivity index (χ1v) is 7.59. The molecule has 2 rings (SSSR count). The fourth-order valence-electron chi connectivity index (χ4n) is 2.10. The number of fused-ring (bicyclic) bond motifs is 1. The summed E-state index contributed by atoms with van der Waals surface area (Å²) in [7, 11) is 1.63. The number of aliphatic carboxylic acids is 1. The number of hydrogen-bond acceptors (Lipinski definition) is 4. The van der Waals surface area contributed by atoms with Crippen LogP contribution < -0.4 is 9.47 Å². The van der Waals surface area contributed by atoms with Crippen LogP contribution in [0.3, 0.4) is 0 Å². The predicted molar refractivity (Wildman–Crippen MR) is 86.0 cm³/mol. The highest BCUT2D eigenvalue weighted by Crippen LogP contribution is 2.38. The van der Waals surface area contributed by atoms with Crippen LogP contribution in [0.5, 0.6) is 11.5 Å². The van der Waals surface area contributed by atoms with Crippen molar-refractivity contribution in [2.24, 2.45) is 0 Å². The Hall–Kier alpha value is -2.21. The Morgan fingerprint density at radius 3 is 2.83 bits per heavy atom. The van der Waals surface area contributed by atoms with Gasteiger partial charge in [0, 0.05) is 26.1 Å². The molecule has 1 aromatic rings. The van der Waals surface area contributed by atoms with Gasteiger partial charge in [-0.2, -0.15) is 0 Å². The third-order valence-corrected chi connectivity index (χ3v) is 3.58. The van der Waals surface area contributed by atoms with E-state index in [1.807, 2.05) is 0 Å². The van der Waals surface area contributed by atoms with Crippen molar-refractivity contribution in [3.63, 3.8) is 0 Å². The Morgan fingerprint density at radius 1 is 1.35 bits per heavy atom. The molecule has 0 aliphatic carbocycles. The van der Waals surface area contributed by atoms with Gasteiger partial charge in [0.1, 0.15) is 13.2 Å². The topological polar surface area (TPSA) is 76.1 Å². The average Bonchev–Trinajstić information content (AvgIpc) is 2.52. The maximum absolute atomic E-state index is 12.0. The van der Waals surface area contributed by atoms with Gasteiger partial charge in [0.2, 0.25) is 5.91 Å². The molecule has 1 aromatic carbocycles. The van der Waals surface area contributed by atoms with E-state index in [1.54, 1.807) is 25.3 Å². The molecule has 0 atom stereocenters. The third-order valence-electron chi connectivity index (χ3n) is 3.30. The number of benzene rings is 1. The van der Waals surface area contributed by atoms with E-state index in [-0.39, 0.29) is 12.3 Å². The highest BCUT2D eigenvalue weighted by molar-refractivity contribution is 6.32. The van der Waals surface area contributed by atoms with Gasteiger partial charge in [-0.15, -0.1) is 0 Å². The molecule has 124 valence electrons. The Labute approximate surface area is 139 Å². The summed E-state index contributed by atoms with van der Waals surface area (Å²) in [5.74, 6) is 0.00607. The Balaban J connectivity index is 1.98. The first-order chi connectivity index (χ1) is 11.0. The summed E-state index contributed by atoms with van der Waals surface area (Å²) < 4.78 is 10.9. The zero-order chi connectivity index (χ0) is 16.8. The van der Waals surface area contributed by atoms with Gasteiger partial charge < -0.3 is 19.5 Å². The summed E-state index contributed by atoms with van der Waals surface area (Å²) in [6.45, 7) is 1.31. The van der Waals surface area contributed by atoms with E-state index < -0.39 is 5.97 Å². The number of carboxylic acid groups (broad SMARTS) is 1. The monoisotopic (exact) mass is 339 g/mol. The predicted octanol–water partition coefficient (Wildman–Crippen LogP) is 2.45. The van der Waals surface area contributed by atoms with Gasteiger partial charge in [0.05, 0.1) is 5.02 Å². The Bertz CT molecular complexity index is 629. The summed E-state index contributed by atoms with van der Waals surface area (Å²) in [6.07, 6.45) is 3.52. The largest absolute Gasteiger partial charge is 0.486 e. The van der Waals surface area contributed by atoms with Crippen molar-refractivity contribution in [3.05, 3.63) is 28.8 Å². The maximum atomic E-state index is 12.0. The Morgan fingerprint density at radius 2 is 2.09 bits per heavy atom. The lowest BCUT2D eigenvalue weighted by Crippen LogP contribution is -2.26. The second-order valence-electron chi connectivity index (χ2n) is 5.12. The van der Waals surface area contributed by atoms with Crippen molar-refractivity contribution in [1.82, 2.24) is 4.90 Å². The van der Waals surface area contributed by atoms with Crippen LogP contribution in [0.1, 0.15) is 18.4 Å². The van der Waals surface area contributed by atoms with Gasteiger partial charge in [0.25, 0.3) is 0 Å². The number of carbonyl (C=O) groups excluding carboxylic acids is 1. The van der Waals surface area contributed by atoms with Crippen LogP contribution in [0.2, 0.25) is 5.02 Å². The number of ether oxygens (including phenoxy) is 2. The second-order valence-corrected chi connectivity index (χ2v) is 5.52. The number of nitrogens with zero attached hydrogens (tertiary/aromatic N) is 1. The van der Waals surface area contributed by atoms with Crippen molar-refractivity contribution in [2.75, 3.05) is 26.8 Å². The molecule has 0 fully saturated rings. The third kappa shape index (κ3) is 4.89. The standard InChI is InChI=1S/C16H18ClNO5/c1-18(6-2-3-15(20)21)14(19)5-4-11-9-12(17)16-13(10-11)22-7-8-23-16/h4-5,9-10H,2-3,6-8H2,1H3,(H,20,21). The number of carboxylic acids is 1. The summed E-state index contributed by atoms with van der Waals surface area (Å²) in [5.41, 5.74) is 0.728. The van der Waals surface area contributed by atoms with Crippen LogP contribution >= 0.6 is 11.6 Å². The molecule has 1 aliphatic heterocycles. The van der Waals surface area contributed by atoms with Gasteiger partial charge in [-0.25, -0.2) is 0 Å². The van der Waals surface area contributed by atoms with Gasteiger partial charge in [-0.1, -0.05) is 11.6 Å². The normalized spacial score (nSPS) is 13.1.